The second-order valence-electron chi connectivity index (χ2n) is 9.44. The van der Waals surface area contributed by atoms with E-state index in [-0.39, 0.29) is 29.2 Å². The quantitative estimate of drug-likeness (QED) is 0.290. The van der Waals surface area contributed by atoms with Crippen molar-refractivity contribution in [1.29, 1.82) is 5.41 Å². The molecular weight excluding hydrogens is 542 g/mol. The van der Waals surface area contributed by atoms with Gasteiger partial charge in [-0.15, -0.1) is 0 Å². The molecule has 2 aromatic carbocycles. The first-order valence-electron chi connectivity index (χ1n) is 12.7. The molecule has 0 saturated carbocycles. The van der Waals surface area contributed by atoms with E-state index in [2.05, 4.69) is 9.89 Å². The number of ether oxygens (including phenoxy) is 1. The minimum absolute atomic E-state index is 0.0212. The minimum Gasteiger partial charge on any atom is -0.489 e. The molecule has 0 radical (unpaired) electrons. The van der Waals surface area contributed by atoms with Crippen LogP contribution in [-0.2, 0) is 14.8 Å². The molecule has 1 saturated heterocycles. The van der Waals surface area contributed by atoms with Gasteiger partial charge in [-0.1, -0.05) is 42.0 Å². The van der Waals surface area contributed by atoms with Crippen LogP contribution in [0.3, 0.4) is 0 Å². The summed E-state index contributed by atoms with van der Waals surface area (Å²) in [5.41, 5.74) is 7.02. The van der Waals surface area contributed by atoms with Gasteiger partial charge in [0.1, 0.15) is 17.7 Å². The number of amidine groups is 2. The first-order valence-corrected chi connectivity index (χ1v) is 14.7. The summed E-state index contributed by atoms with van der Waals surface area (Å²) >= 11 is 6.52. The number of aliphatic carboxylic acids is 1. The van der Waals surface area contributed by atoms with E-state index in [0.717, 1.165) is 49.6 Å². The number of hydrogen-bond donors (Lipinski definition) is 3. The van der Waals surface area contributed by atoms with E-state index in [4.69, 9.17) is 27.5 Å². The molecule has 0 bridgehead atoms. The zero-order chi connectivity index (χ0) is 28.0. The van der Waals surface area contributed by atoms with Crippen LogP contribution < -0.4 is 14.8 Å². The fourth-order valence-corrected chi connectivity index (χ4v) is 6.08. The van der Waals surface area contributed by atoms with Gasteiger partial charge in [0.15, 0.2) is 5.75 Å². The number of nitrogens with two attached hydrogens (primary N) is 1. The summed E-state index contributed by atoms with van der Waals surface area (Å²) in [5, 5.41) is 17.0. The van der Waals surface area contributed by atoms with Crippen molar-refractivity contribution >= 4 is 51.0 Å². The summed E-state index contributed by atoms with van der Waals surface area (Å²) < 4.78 is 33.1. The lowest BCUT2D eigenvalue weighted by Crippen LogP contribution is -2.41. The Morgan fingerprint density at radius 2 is 2.03 bits per heavy atom. The summed E-state index contributed by atoms with van der Waals surface area (Å²) in [6.07, 6.45) is 7.04. The van der Waals surface area contributed by atoms with Gasteiger partial charge in [0.05, 0.1) is 23.1 Å². The van der Waals surface area contributed by atoms with Crippen molar-refractivity contribution in [3.63, 3.8) is 0 Å². The number of nitrogens with one attached hydrogen (secondary N) is 1. The molecule has 0 aromatic heterocycles. The van der Waals surface area contributed by atoms with E-state index in [1.807, 2.05) is 0 Å². The average molecular weight is 574 g/mol. The molecule has 2 heterocycles. The van der Waals surface area contributed by atoms with Crippen LogP contribution >= 0.6 is 11.6 Å². The van der Waals surface area contributed by atoms with Crippen LogP contribution in [0.5, 0.6) is 5.75 Å². The fraction of sp³-hybridized carbons (Fsp3) is 0.370. The Morgan fingerprint density at radius 3 is 2.67 bits per heavy atom. The van der Waals surface area contributed by atoms with Crippen molar-refractivity contribution in [2.45, 2.75) is 31.8 Å². The normalized spacial score (nSPS) is 16.3. The van der Waals surface area contributed by atoms with Crippen LogP contribution in [0.1, 0.15) is 36.8 Å². The van der Waals surface area contributed by atoms with E-state index >= 15 is 0 Å². The molecule has 0 unspecified atom stereocenters. The Kier molecular flexibility index (Phi) is 9.13. The Balaban J connectivity index is 1.47. The maximum Gasteiger partial charge on any atom is 0.320 e. The molecule has 4 rings (SSSR count). The number of likely N-dealkylation sites (tertiary alicyclic amines) is 1. The van der Waals surface area contributed by atoms with Crippen LogP contribution in [0.15, 0.2) is 53.5 Å². The standard InChI is InChI=1S/C27H32ClN5O5S/c28-23-17-21(8-9-24(23)38-22-10-14-32(15-11-22)25-7-2-12-31-25)33(39(36,37)18-26(34)35)13-3-5-19-4-1-6-20(16-19)27(29)30/h1,3-6,8-9,16-17,22H,2,7,10-15,18H2,(H3,29,30)(H,34,35). The lowest BCUT2D eigenvalue weighted by atomic mass is 10.1. The van der Waals surface area contributed by atoms with Crippen LogP contribution in [0, 0.1) is 5.41 Å². The number of piperidine rings is 1. The van der Waals surface area contributed by atoms with Crippen molar-refractivity contribution in [1.82, 2.24) is 4.90 Å². The highest BCUT2D eigenvalue weighted by Gasteiger charge is 2.27. The second kappa shape index (κ2) is 12.5. The minimum atomic E-state index is -4.21. The van der Waals surface area contributed by atoms with Gasteiger partial charge < -0.3 is 20.5 Å². The monoisotopic (exact) mass is 573 g/mol. The predicted octanol–water partition coefficient (Wildman–Crippen LogP) is 3.59. The van der Waals surface area contributed by atoms with Gasteiger partial charge in [0.25, 0.3) is 0 Å². The molecule has 0 amide bonds. The number of carbonyl (C=O) groups is 1. The molecule has 2 aliphatic heterocycles. The Bertz CT molecular complexity index is 1390. The number of aliphatic imine (C=N–C) groups is 1. The predicted molar refractivity (Wildman–Crippen MR) is 153 cm³/mol. The van der Waals surface area contributed by atoms with E-state index in [0.29, 0.717) is 16.9 Å². The van der Waals surface area contributed by atoms with Crippen LogP contribution in [0.25, 0.3) is 6.08 Å². The number of halogens is 1. The van der Waals surface area contributed by atoms with Crippen LogP contribution in [0.4, 0.5) is 5.69 Å². The van der Waals surface area contributed by atoms with Crippen LogP contribution in [-0.4, -0.2) is 74.1 Å². The molecule has 1 fully saturated rings. The summed E-state index contributed by atoms with van der Waals surface area (Å²) in [7, 11) is -4.21. The van der Waals surface area contributed by atoms with E-state index in [1.54, 1.807) is 48.6 Å². The number of benzene rings is 2. The van der Waals surface area contributed by atoms with Gasteiger partial charge in [-0.05, 0) is 36.2 Å². The number of nitrogen functional groups attached to an aromatic ring is 1. The Hall–Kier alpha value is -3.57. The number of nitrogens with zero attached hydrogens (tertiary/aromatic N) is 3. The van der Waals surface area contributed by atoms with Gasteiger partial charge >= 0.3 is 5.97 Å². The van der Waals surface area contributed by atoms with Crippen molar-refractivity contribution < 1.29 is 23.1 Å². The van der Waals surface area contributed by atoms with Crippen LogP contribution in [0.2, 0.25) is 5.02 Å². The average Bonchev–Trinajstić information content (AvgIpc) is 3.43. The number of rotatable bonds is 10. The summed E-state index contributed by atoms with van der Waals surface area (Å²) in [5.74, 6) is -0.982. The number of anilines is 1. The molecule has 4 N–H and O–H groups in total. The third kappa shape index (κ3) is 7.51. The highest BCUT2D eigenvalue weighted by atomic mass is 35.5. The second-order valence-corrected chi connectivity index (χ2v) is 11.7. The van der Waals surface area contributed by atoms with Crippen molar-refractivity contribution in [3.8, 4) is 5.75 Å². The number of carboxylic acid groups (broad SMARTS) is 1. The maximum atomic E-state index is 13.0. The molecule has 0 aliphatic carbocycles. The topological polar surface area (TPSA) is 149 Å². The number of sulfonamides is 1. The lowest BCUT2D eigenvalue weighted by Gasteiger charge is -2.33. The fourth-order valence-electron chi connectivity index (χ4n) is 4.64. The molecule has 0 spiro atoms. The molecule has 2 aliphatic rings. The summed E-state index contributed by atoms with van der Waals surface area (Å²) in [4.78, 5) is 18.2. The summed E-state index contributed by atoms with van der Waals surface area (Å²) in [6, 6.07) is 11.6. The first-order chi connectivity index (χ1) is 18.6. The smallest absolute Gasteiger partial charge is 0.320 e. The molecular formula is C27H32ClN5O5S. The zero-order valence-corrected chi connectivity index (χ0v) is 23.0. The highest BCUT2D eigenvalue weighted by Crippen LogP contribution is 2.33. The van der Waals surface area contributed by atoms with Gasteiger partial charge in [-0.3, -0.25) is 19.5 Å². The Labute approximate surface area is 233 Å². The van der Waals surface area contributed by atoms with E-state index < -0.39 is 21.7 Å². The van der Waals surface area contributed by atoms with Crippen molar-refractivity contribution in [2.24, 2.45) is 10.7 Å². The van der Waals surface area contributed by atoms with Gasteiger partial charge in [0.2, 0.25) is 10.0 Å². The first kappa shape index (κ1) is 28.4. The molecule has 10 nitrogen and oxygen atoms in total. The number of carboxylic acids is 1. The molecule has 208 valence electrons. The number of hydrogen-bond acceptors (Lipinski definition) is 7. The largest absolute Gasteiger partial charge is 0.489 e. The summed E-state index contributed by atoms with van der Waals surface area (Å²) in [6.45, 7) is 2.50. The lowest BCUT2D eigenvalue weighted by molar-refractivity contribution is -0.134. The third-order valence-electron chi connectivity index (χ3n) is 6.58. The van der Waals surface area contributed by atoms with Crippen molar-refractivity contribution in [3.05, 3.63) is 64.7 Å². The van der Waals surface area contributed by atoms with Gasteiger partial charge in [-0.25, -0.2) is 8.42 Å². The zero-order valence-electron chi connectivity index (χ0n) is 21.4. The van der Waals surface area contributed by atoms with E-state index in [1.165, 1.54) is 11.9 Å². The SMILES string of the molecule is N=C(N)c1cccc(C=CCN(c2ccc(OC3CCN(C4=NCCC4)CC3)c(Cl)c2)S(=O)(=O)CC(=O)O)c1. The van der Waals surface area contributed by atoms with Gasteiger partial charge in [-0.2, -0.15) is 0 Å². The molecule has 2 aromatic rings. The molecule has 0 atom stereocenters. The van der Waals surface area contributed by atoms with Crippen molar-refractivity contribution in [2.75, 3.05) is 36.2 Å². The maximum absolute atomic E-state index is 13.0. The Morgan fingerprint density at radius 1 is 1.26 bits per heavy atom. The molecule has 39 heavy (non-hydrogen) atoms. The highest BCUT2D eigenvalue weighted by molar-refractivity contribution is 7.93. The third-order valence-corrected chi connectivity index (χ3v) is 8.52. The van der Waals surface area contributed by atoms with E-state index in [9.17, 15) is 18.3 Å². The molecule has 12 heteroatoms. The van der Waals surface area contributed by atoms with Gasteiger partial charge in [0, 0.05) is 44.5 Å².